The number of hydrogen-bond acceptors (Lipinski definition) is 4. The number of carbonyl (C=O) groups is 1. The van der Waals surface area contributed by atoms with Crippen LogP contribution in [0.15, 0.2) is 40.3 Å². The summed E-state index contributed by atoms with van der Waals surface area (Å²) in [5, 5.41) is 6.97. The van der Waals surface area contributed by atoms with Crippen molar-refractivity contribution in [2.75, 3.05) is 24.4 Å². The largest absolute Gasteiger partial charge is 0.337 e. The van der Waals surface area contributed by atoms with Crippen molar-refractivity contribution in [1.82, 2.24) is 10.3 Å². The topological polar surface area (TPSA) is 54.0 Å². The Morgan fingerprint density at radius 2 is 1.93 bits per heavy atom. The number of nitrogens with one attached hydrogen (secondary N) is 2. The Kier molecular flexibility index (Phi) is 9.19. The highest BCUT2D eigenvalue weighted by molar-refractivity contribution is 7.99. The van der Waals surface area contributed by atoms with Gasteiger partial charge in [0.25, 0.3) is 0 Å². The third-order valence-corrected chi connectivity index (χ3v) is 6.22. The molecule has 0 saturated heterocycles. The molecule has 0 fully saturated rings. The van der Waals surface area contributed by atoms with E-state index < -0.39 is 0 Å². The highest BCUT2D eigenvalue weighted by Gasteiger charge is 2.17. The predicted molar refractivity (Wildman–Crippen MR) is 123 cm³/mol. The molecule has 0 radical (unpaired) electrons. The van der Waals surface area contributed by atoms with Gasteiger partial charge >= 0.3 is 6.03 Å². The van der Waals surface area contributed by atoms with Crippen LogP contribution in [-0.4, -0.2) is 30.1 Å². The first kappa shape index (κ1) is 22.6. The lowest BCUT2D eigenvalue weighted by Gasteiger charge is -2.21. The van der Waals surface area contributed by atoms with Crippen molar-refractivity contribution in [2.45, 2.75) is 55.9 Å². The van der Waals surface area contributed by atoms with Crippen LogP contribution in [0.3, 0.4) is 0 Å². The highest BCUT2D eigenvalue weighted by atomic mass is 32.2. The number of unbranched alkanes of at least 4 members (excludes halogenated alkanes) is 1. The van der Waals surface area contributed by atoms with E-state index in [0.29, 0.717) is 12.5 Å². The summed E-state index contributed by atoms with van der Waals surface area (Å²) in [5.41, 5.74) is 4.36. The van der Waals surface area contributed by atoms with Crippen molar-refractivity contribution in [3.63, 3.8) is 0 Å². The zero-order chi connectivity index (χ0) is 20.5. The summed E-state index contributed by atoms with van der Waals surface area (Å²) >= 11 is 3.17. The molecule has 1 unspecified atom stereocenters. The van der Waals surface area contributed by atoms with Crippen LogP contribution in [0, 0.1) is 13.8 Å². The number of carbonyl (C=O) groups excluding carboxylic acids is 1. The van der Waals surface area contributed by atoms with Gasteiger partial charge in [0.15, 0.2) is 0 Å². The lowest BCUT2D eigenvalue weighted by Crippen LogP contribution is -2.33. The second-order valence-electron chi connectivity index (χ2n) is 6.88. The van der Waals surface area contributed by atoms with E-state index in [9.17, 15) is 4.79 Å². The molecule has 0 aliphatic rings. The summed E-state index contributed by atoms with van der Waals surface area (Å²) in [7, 11) is 0. The van der Waals surface area contributed by atoms with Gasteiger partial charge in [0.05, 0.1) is 5.69 Å². The van der Waals surface area contributed by atoms with Gasteiger partial charge in [-0.3, -0.25) is 0 Å². The Balaban J connectivity index is 2.10. The van der Waals surface area contributed by atoms with Crippen molar-refractivity contribution in [2.24, 2.45) is 0 Å². The number of benzene rings is 1. The smallest absolute Gasteiger partial charge is 0.319 e. The van der Waals surface area contributed by atoms with Gasteiger partial charge in [0, 0.05) is 23.1 Å². The summed E-state index contributed by atoms with van der Waals surface area (Å²) < 4.78 is 0. The monoisotopic (exact) mass is 417 g/mol. The number of aromatic nitrogens is 1. The molecule has 1 atom stereocenters. The van der Waals surface area contributed by atoms with E-state index in [1.807, 2.05) is 25.5 Å². The fourth-order valence-corrected chi connectivity index (χ4v) is 4.58. The minimum atomic E-state index is -0.175. The maximum Gasteiger partial charge on any atom is 0.319 e. The molecule has 0 spiro atoms. The molecule has 152 valence electrons. The zero-order valence-corrected chi connectivity index (χ0v) is 19.1. The maximum atomic E-state index is 12.7. The summed E-state index contributed by atoms with van der Waals surface area (Å²) in [5.74, 6) is 0.322. The standard InChI is InChI=1S/C22H31N3OS2/c1-6-7-11-17(18-12-9-8-10-15(18)2)14-23-22(26)25-20-19(27-4)13-16(3)24-21(20)28-5/h8-10,12-13,17H,6-7,11,14H2,1-5H3,(H2,23,25,26). The Labute approximate surface area is 177 Å². The SMILES string of the molecule is CCCCC(CNC(=O)Nc1c(SC)cc(C)nc1SC)c1ccccc1C. The molecule has 6 heteroatoms. The normalized spacial score (nSPS) is 11.9. The van der Waals surface area contributed by atoms with Gasteiger partial charge in [0.2, 0.25) is 0 Å². The maximum absolute atomic E-state index is 12.7. The fourth-order valence-electron chi connectivity index (χ4n) is 3.28. The Morgan fingerprint density at radius 1 is 1.18 bits per heavy atom. The average Bonchev–Trinajstić information content (AvgIpc) is 2.69. The number of amides is 2. The number of nitrogens with zero attached hydrogens (tertiary/aromatic N) is 1. The summed E-state index contributed by atoms with van der Waals surface area (Å²) in [4.78, 5) is 18.3. The van der Waals surface area contributed by atoms with Crippen molar-refractivity contribution in [1.29, 1.82) is 0 Å². The Morgan fingerprint density at radius 3 is 2.57 bits per heavy atom. The summed E-state index contributed by atoms with van der Waals surface area (Å²) in [6.07, 6.45) is 7.36. The molecule has 28 heavy (non-hydrogen) atoms. The van der Waals surface area contributed by atoms with Crippen LogP contribution in [0.2, 0.25) is 0 Å². The van der Waals surface area contributed by atoms with Crippen molar-refractivity contribution in [3.8, 4) is 0 Å². The summed E-state index contributed by atoms with van der Waals surface area (Å²) in [6.45, 7) is 6.94. The third kappa shape index (κ3) is 6.17. The van der Waals surface area contributed by atoms with Crippen LogP contribution < -0.4 is 10.6 Å². The lowest BCUT2D eigenvalue weighted by molar-refractivity contribution is 0.251. The van der Waals surface area contributed by atoms with E-state index >= 15 is 0 Å². The van der Waals surface area contributed by atoms with Crippen molar-refractivity contribution < 1.29 is 4.79 Å². The van der Waals surface area contributed by atoms with Gasteiger partial charge in [-0.2, -0.15) is 0 Å². The molecule has 1 aromatic heterocycles. The molecule has 2 aromatic rings. The molecular weight excluding hydrogens is 386 g/mol. The number of anilines is 1. The van der Waals surface area contributed by atoms with Crippen LogP contribution in [0.25, 0.3) is 0 Å². The number of aryl methyl sites for hydroxylation is 2. The van der Waals surface area contributed by atoms with Crippen molar-refractivity contribution in [3.05, 3.63) is 47.2 Å². The molecule has 0 saturated carbocycles. The molecule has 4 nitrogen and oxygen atoms in total. The van der Waals surface area contributed by atoms with Gasteiger partial charge in [-0.05, 0) is 50.0 Å². The average molecular weight is 418 g/mol. The number of rotatable bonds is 9. The van der Waals surface area contributed by atoms with Gasteiger partial charge in [-0.25, -0.2) is 9.78 Å². The van der Waals surface area contributed by atoms with Gasteiger partial charge < -0.3 is 10.6 Å². The number of urea groups is 1. The highest BCUT2D eigenvalue weighted by Crippen LogP contribution is 2.33. The lowest BCUT2D eigenvalue weighted by atomic mass is 9.90. The van der Waals surface area contributed by atoms with E-state index in [1.165, 1.54) is 11.1 Å². The second kappa shape index (κ2) is 11.4. The second-order valence-corrected chi connectivity index (χ2v) is 8.52. The van der Waals surface area contributed by atoms with Crippen LogP contribution in [0.4, 0.5) is 10.5 Å². The van der Waals surface area contributed by atoms with Crippen LogP contribution in [-0.2, 0) is 0 Å². The molecule has 1 aromatic carbocycles. The van der Waals surface area contributed by atoms with E-state index in [-0.39, 0.29) is 6.03 Å². The molecule has 1 heterocycles. The van der Waals surface area contributed by atoms with E-state index in [2.05, 4.69) is 53.7 Å². The molecule has 2 amide bonds. The number of pyridine rings is 1. The summed E-state index contributed by atoms with van der Waals surface area (Å²) in [6, 6.07) is 10.3. The first-order valence-corrected chi connectivity index (χ1v) is 12.1. The van der Waals surface area contributed by atoms with Crippen LogP contribution in [0.5, 0.6) is 0 Å². The molecule has 0 aliphatic heterocycles. The van der Waals surface area contributed by atoms with Crippen molar-refractivity contribution >= 4 is 35.2 Å². The predicted octanol–water partition coefficient (Wildman–Crippen LogP) is 6.24. The number of thioether (sulfide) groups is 2. The first-order chi connectivity index (χ1) is 13.5. The van der Waals surface area contributed by atoms with E-state index in [1.54, 1.807) is 23.5 Å². The van der Waals surface area contributed by atoms with E-state index in [4.69, 9.17) is 0 Å². The van der Waals surface area contributed by atoms with Gasteiger partial charge in [-0.15, -0.1) is 23.5 Å². The molecule has 0 aliphatic carbocycles. The Hall–Kier alpha value is -1.66. The van der Waals surface area contributed by atoms with Gasteiger partial charge in [0.1, 0.15) is 5.03 Å². The quantitative estimate of drug-likeness (QED) is 0.474. The van der Waals surface area contributed by atoms with Crippen LogP contribution in [0.1, 0.15) is 48.9 Å². The molecule has 0 bridgehead atoms. The van der Waals surface area contributed by atoms with Gasteiger partial charge in [-0.1, -0.05) is 44.0 Å². The minimum absolute atomic E-state index is 0.175. The molecule has 2 rings (SSSR count). The number of hydrogen-bond donors (Lipinski definition) is 2. The first-order valence-electron chi connectivity index (χ1n) is 9.70. The molecular formula is C22H31N3OS2. The van der Waals surface area contributed by atoms with Crippen LogP contribution >= 0.6 is 23.5 Å². The minimum Gasteiger partial charge on any atom is -0.337 e. The Bertz CT molecular complexity index is 770. The fraction of sp³-hybridized carbons (Fsp3) is 0.455. The van der Waals surface area contributed by atoms with E-state index in [0.717, 1.165) is 40.6 Å². The molecule has 2 N–H and O–H groups in total. The zero-order valence-electron chi connectivity index (χ0n) is 17.5. The third-order valence-electron chi connectivity index (χ3n) is 4.77.